The van der Waals surface area contributed by atoms with Crippen molar-refractivity contribution in [3.8, 4) is 0 Å². The lowest BCUT2D eigenvalue weighted by atomic mass is 10.3. The number of halogens is 1. The van der Waals surface area contributed by atoms with Gasteiger partial charge in [-0.2, -0.15) is 0 Å². The van der Waals surface area contributed by atoms with Crippen LogP contribution >= 0.6 is 33.2 Å². The maximum atomic E-state index is 5.76. The molecule has 11 heavy (non-hydrogen) atoms. The Morgan fingerprint density at radius 2 is 1.91 bits per heavy atom. The molecule has 0 aromatic rings. The molecular weight excluding hydrogens is 196 g/mol. The Kier molecular flexibility index (Phi) is 6.11. The third-order valence-electron chi connectivity index (χ3n) is 1.06. The SMILES string of the molecule is CC[C@H](CCl)SSC(C)(C)C. The fraction of sp³-hybridized carbons (Fsp3) is 1.00. The summed E-state index contributed by atoms with van der Waals surface area (Å²) in [5, 5.41) is 0.612. The minimum absolute atomic E-state index is 0.351. The van der Waals surface area contributed by atoms with E-state index in [1.54, 1.807) is 0 Å². The molecule has 0 fully saturated rings. The number of hydrogen-bond donors (Lipinski definition) is 0. The van der Waals surface area contributed by atoms with Crippen LogP contribution < -0.4 is 0 Å². The molecule has 0 amide bonds. The highest BCUT2D eigenvalue weighted by atomic mass is 35.5. The second-order valence-corrected chi connectivity index (χ2v) is 7.11. The third kappa shape index (κ3) is 7.35. The lowest BCUT2D eigenvalue weighted by Gasteiger charge is -2.19. The fourth-order valence-corrected chi connectivity index (χ4v) is 3.55. The quantitative estimate of drug-likeness (QED) is 0.507. The summed E-state index contributed by atoms with van der Waals surface area (Å²) in [5.41, 5.74) is 0. The van der Waals surface area contributed by atoms with Crippen LogP contribution in [0.15, 0.2) is 0 Å². The molecule has 0 aliphatic rings. The number of hydrogen-bond acceptors (Lipinski definition) is 2. The average Bonchev–Trinajstić information content (AvgIpc) is 1.88. The summed E-state index contributed by atoms with van der Waals surface area (Å²) in [6, 6.07) is 0. The van der Waals surface area contributed by atoms with E-state index in [4.69, 9.17) is 11.6 Å². The van der Waals surface area contributed by atoms with E-state index >= 15 is 0 Å². The van der Waals surface area contributed by atoms with Crippen molar-refractivity contribution < 1.29 is 0 Å². The molecule has 0 saturated heterocycles. The van der Waals surface area contributed by atoms with Crippen molar-refractivity contribution in [1.29, 1.82) is 0 Å². The van der Waals surface area contributed by atoms with Crippen molar-refractivity contribution in [2.45, 2.75) is 44.1 Å². The molecule has 68 valence electrons. The highest BCUT2D eigenvalue weighted by molar-refractivity contribution is 8.77. The zero-order chi connectivity index (χ0) is 8.91. The molecule has 0 aliphatic carbocycles. The maximum absolute atomic E-state index is 5.76. The van der Waals surface area contributed by atoms with E-state index in [-0.39, 0.29) is 0 Å². The molecule has 3 heteroatoms. The first-order valence-electron chi connectivity index (χ1n) is 3.90. The minimum atomic E-state index is 0.351. The second kappa shape index (κ2) is 5.60. The predicted octanol–water partition coefficient (Wildman–Crippen LogP) is 4.18. The molecule has 0 aliphatic heterocycles. The van der Waals surface area contributed by atoms with E-state index in [9.17, 15) is 0 Å². The first-order chi connectivity index (χ1) is 4.99. The second-order valence-electron chi connectivity index (χ2n) is 3.48. The van der Waals surface area contributed by atoms with Gasteiger partial charge in [0.05, 0.1) is 0 Å². The van der Waals surface area contributed by atoms with Gasteiger partial charge < -0.3 is 0 Å². The van der Waals surface area contributed by atoms with Crippen LogP contribution in [0.2, 0.25) is 0 Å². The van der Waals surface area contributed by atoms with Gasteiger partial charge in [0, 0.05) is 15.9 Å². The van der Waals surface area contributed by atoms with E-state index in [0.717, 1.165) is 12.3 Å². The van der Waals surface area contributed by atoms with E-state index in [1.807, 2.05) is 21.6 Å². The molecule has 0 rings (SSSR count). The predicted molar refractivity (Wildman–Crippen MR) is 59.7 cm³/mol. The topological polar surface area (TPSA) is 0 Å². The standard InChI is InChI=1S/C8H17ClS2/c1-5-7(6-9)10-11-8(2,3)4/h7H,5-6H2,1-4H3/t7-/m1/s1. The van der Waals surface area contributed by atoms with E-state index in [1.165, 1.54) is 0 Å². The molecule has 1 atom stereocenters. The van der Waals surface area contributed by atoms with E-state index in [2.05, 4.69) is 27.7 Å². The van der Waals surface area contributed by atoms with Gasteiger partial charge in [0.2, 0.25) is 0 Å². The van der Waals surface area contributed by atoms with Crippen molar-refractivity contribution in [3.05, 3.63) is 0 Å². The Balaban J connectivity index is 3.51. The Hall–Kier alpha value is 0.990. The van der Waals surface area contributed by atoms with Crippen LogP contribution in [0.5, 0.6) is 0 Å². The molecule has 0 radical (unpaired) electrons. The van der Waals surface area contributed by atoms with Gasteiger partial charge in [-0.25, -0.2) is 0 Å². The molecule has 0 saturated carbocycles. The van der Waals surface area contributed by atoms with Crippen molar-refractivity contribution in [3.63, 3.8) is 0 Å². The average molecular weight is 213 g/mol. The summed E-state index contributed by atoms with van der Waals surface area (Å²) in [6.45, 7) is 8.87. The summed E-state index contributed by atoms with van der Waals surface area (Å²) in [4.78, 5) is 0. The molecule has 0 aromatic heterocycles. The first-order valence-corrected chi connectivity index (χ1v) is 6.64. The van der Waals surface area contributed by atoms with Crippen LogP contribution in [0.4, 0.5) is 0 Å². The lowest BCUT2D eigenvalue weighted by molar-refractivity contribution is 0.810. The fourth-order valence-electron chi connectivity index (χ4n) is 0.415. The Bertz CT molecular complexity index is 94.8. The van der Waals surface area contributed by atoms with Crippen LogP contribution in [-0.2, 0) is 0 Å². The highest BCUT2D eigenvalue weighted by Crippen LogP contribution is 2.39. The molecule has 0 spiro atoms. The molecule has 0 nitrogen and oxygen atoms in total. The van der Waals surface area contributed by atoms with Crippen molar-refractivity contribution in [2.75, 3.05) is 5.88 Å². The summed E-state index contributed by atoms with van der Waals surface area (Å²) in [7, 11) is 3.84. The van der Waals surface area contributed by atoms with Crippen LogP contribution in [0, 0.1) is 0 Å². The van der Waals surface area contributed by atoms with Crippen LogP contribution in [0.1, 0.15) is 34.1 Å². The van der Waals surface area contributed by atoms with Crippen molar-refractivity contribution in [1.82, 2.24) is 0 Å². The van der Waals surface area contributed by atoms with Crippen LogP contribution in [0.3, 0.4) is 0 Å². The molecule has 0 N–H and O–H groups in total. The van der Waals surface area contributed by atoms with Crippen LogP contribution in [-0.4, -0.2) is 15.9 Å². The van der Waals surface area contributed by atoms with Gasteiger partial charge in [0.1, 0.15) is 0 Å². The van der Waals surface area contributed by atoms with Crippen molar-refractivity contribution in [2.24, 2.45) is 0 Å². The van der Waals surface area contributed by atoms with Gasteiger partial charge in [-0.1, -0.05) is 49.3 Å². The number of alkyl halides is 1. The van der Waals surface area contributed by atoms with Gasteiger partial charge in [0.15, 0.2) is 0 Å². The normalized spacial score (nSPS) is 15.0. The zero-order valence-corrected chi connectivity index (χ0v) is 10.1. The summed E-state index contributed by atoms with van der Waals surface area (Å²) >= 11 is 5.76. The van der Waals surface area contributed by atoms with Gasteiger partial charge in [-0.15, -0.1) is 11.6 Å². The van der Waals surface area contributed by atoms with Gasteiger partial charge >= 0.3 is 0 Å². The molecule has 0 unspecified atom stereocenters. The van der Waals surface area contributed by atoms with Crippen LogP contribution in [0.25, 0.3) is 0 Å². The summed E-state index contributed by atoms with van der Waals surface area (Å²) < 4.78 is 0.351. The van der Waals surface area contributed by atoms with Gasteiger partial charge in [0.25, 0.3) is 0 Å². The molecule has 0 bridgehead atoms. The Morgan fingerprint density at radius 1 is 1.36 bits per heavy atom. The molecule has 0 heterocycles. The monoisotopic (exact) mass is 212 g/mol. The van der Waals surface area contributed by atoms with E-state index < -0.39 is 0 Å². The maximum Gasteiger partial charge on any atom is 0.0350 e. The smallest absolute Gasteiger partial charge is 0.0350 e. The largest absolute Gasteiger partial charge is 0.125 e. The summed E-state index contributed by atoms with van der Waals surface area (Å²) in [5.74, 6) is 0.768. The van der Waals surface area contributed by atoms with E-state index in [0.29, 0.717) is 10.00 Å². The Morgan fingerprint density at radius 3 is 2.18 bits per heavy atom. The number of rotatable bonds is 4. The Labute approximate surface area is 83.2 Å². The lowest BCUT2D eigenvalue weighted by Crippen LogP contribution is -2.08. The molecular formula is C8H17ClS2. The van der Waals surface area contributed by atoms with Gasteiger partial charge in [-0.05, 0) is 6.42 Å². The third-order valence-corrected chi connectivity index (χ3v) is 5.59. The first kappa shape index (κ1) is 12.0. The minimum Gasteiger partial charge on any atom is -0.125 e. The highest BCUT2D eigenvalue weighted by Gasteiger charge is 2.14. The van der Waals surface area contributed by atoms with Gasteiger partial charge in [-0.3, -0.25) is 0 Å². The van der Waals surface area contributed by atoms with Crippen molar-refractivity contribution >= 4 is 33.2 Å². The molecule has 0 aromatic carbocycles. The summed E-state index contributed by atoms with van der Waals surface area (Å²) in [6.07, 6.45) is 1.16. The zero-order valence-electron chi connectivity index (χ0n) is 7.69.